The van der Waals surface area contributed by atoms with E-state index in [2.05, 4.69) is 82.4 Å². The van der Waals surface area contributed by atoms with E-state index in [4.69, 9.17) is 62.7 Å². The molecule has 96 heavy (non-hydrogen) atoms. The number of anilines is 3. The van der Waals surface area contributed by atoms with Gasteiger partial charge in [-0.1, -0.05) is 0 Å². The van der Waals surface area contributed by atoms with Gasteiger partial charge in [0.1, 0.15) is 38.1 Å². The summed E-state index contributed by atoms with van der Waals surface area (Å²) in [5.74, 6) is -3.18. The molecule has 6 rings (SSSR count). The minimum absolute atomic E-state index is 0.0257. The van der Waals surface area contributed by atoms with Crippen LogP contribution in [0.2, 0.25) is 0 Å². The first-order valence-electron chi connectivity index (χ1n) is 30.5. The molecular weight excluding hydrogens is 1330 g/mol. The highest BCUT2D eigenvalue weighted by atomic mass is 32.1. The van der Waals surface area contributed by atoms with Crippen LogP contribution in [0.25, 0.3) is 0 Å². The average Bonchev–Trinajstić information content (AvgIpc) is 1.75. The Kier molecular flexibility index (Phi) is 38.7. The lowest BCUT2D eigenvalue weighted by Crippen LogP contribution is -2.45. The summed E-state index contributed by atoms with van der Waals surface area (Å²) in [6.45, 7) is 36.0. The molecule has 0 bridgehead atoms. The molecule has 3 saturated heterocycles. The fraction of sp³-hybridized carbons (Fsp3) is 0.724. The zero-order valence-electron chi connectivity index (χ0n) is 57.1. The van der Waals surface area contributed by atoms with E-state index in [1.54, 1.807) is 0 Å². The first-order chi connectivity index (χ1) is 44.9. The number of morpholine rings is 3. The van der Waals surface area contributed by atoms with Gasteiger partial charge in [0.05, 0.1) is 74.8 Å². The fourth-order valence-corrected chi connectivity index (χ4v) is 8.93. The Morgan fingerprint density at radius 1 is 0.458 bits per heavy atom. The molecule has 7 N–H and O–H groups in total. The summed E-state index contributed by atoms with van der Waals surface area (Å²) in [7, 11) is 0. The summed E-state index contributed by atoms with van der Waals surface area (Å²) >= 11 is 3.26. The summed E-state index contributed by atoms with van der Waals surface area (Å²) in [5, 5.41) is 43.5. The van der Waals surface area contributed by atoms with Crippen LogP contribution in [0, 0.1) is 0 Å². The van der Waals surface area contributed by atoms with Crippen LogP contribution < -0.4 is 44.9 Å². The zero-order valence-corrected chi connectivity index (χ0v) is 59.6. The van der Waals surface area contributed by atoms with Gasteiger partial charge in [-0.15, -0.1) is 13.1 Å². The highest BCUT2D eigenvalue weighted by Gasteiger charge is 2.29. The van der Waals surface area contributed by atoms with Gasteiger partial charge < -0.3 is 103 Å². The summed E-state index contributed by atoms with van der Waals surface area (Å²) in [6.07, 6.45) is -3.68. The number of ether oxygens (including phenoxy) is 11. The summed E-state index contributed by atoms with van der Waals surface area (Å²) in [5.41, 5.74) is -0.372. The molecule has 0 aromatic carbocycles. The molecule has 3 aromatic heterocycles. The van der Waals surface area contributed by atoms with Crippen molar-refractivity contribution in [1.29, 1.82) is 0 Å². The van der Waals surface area contributed by atoms with Gasteiger partial charge in [0, 0.05) is 108 Å². The lowest BCUT2D eigenvalue weighted by atomic mass is 10.1. The van der Waals surface area contributed by atoms with Crippen molar-refractivity contribution >= 4 is 100 Å². The highest BCUT2D eigenvalue weighted by Crippen LogP contribution is 2.29. The maximum atomic E-state index is 12.3. The van der Waals surface area contributed by atoms with Crippen molar-refractivity contribution in [2.45, 2.75) is 157 Å². The monoisotopic (exact) mass is 1420 g/mol. The number of carboxylic acids is 3. The van der Waals surface area contributed by atoms with Gasteiger partial charge in [0.15, 0.2) is 18.3 Å². The van der Waals surface area contributed by atoms with Gasteiger partial charge in [-0.05, 0) is 83.1 Å². The van der Waals surface area contributed by atoms with Crippen molar-refractivity contribution in [3.05, 3.63) is 12.2 Å². The molecule has 3 aliphatic rings. The first kappa shape index (κ1) is 84.8. The van der Waals surface area contributed by atoms with Gasteiger partial charge in [0.2, 0.25) is 17.5 Å². The predicted octanol–water partition coefficient (Wildman–Crippen LogP) is 2.25. The Morgan fingerprint density at radius 3 is 1.00 bits per heavy atom. The second-order valence-corrected chi connectivity index (χ2v) is 25.8. The zero-order chi connectivity index (χ0) is 72.2. The number of aromatic nitrogens is 6. The van der Waals surface area contributed by atoms with Crippen molar-refractivity contribution in [2.75, 3.05) is 133 Å². The van der Waals surface area contributed by atoms with E-state index in [1.807, 2.05) is 41.5 Å². The molecule has 6 atom stereocenters. The molecule has 3 aliphatic heterocycles. The minimum atomic E-state index is -1.26. The number of nitrogens with one attached hydrogen (secondary N) is 3. The van der Waals surface area contributed by atoms with Crippen LogP contribution in [0.3, 0.4) is 0 Å². The van der Waals surface area contributed by atoms with Crippen LogP contribution in [-0.4, -0.2) is 266 Å². The largest absolute Gasteiger partial charge is 0.479 e. The first-order valence-corrected chi connectivity index (χ1v) is 32.7. The van der Waals surface area contributed by atoms with Crippen LogP contribution in [0.4, 0.5) is 17.5 Å². The smallest absolute Gasteiger partial charge is 0.347 e. The van der Waals surface area contributed by atoms with E-state index in [1.165, 1.54) is 41.5 Å². The number of hydrogen-bond donors (Lipinski definition) is 7. The standard InChI is InChI=1S/2C18H30N4O6S.C13H24N4O3S.C5H8O4.C4H4O4/c2*1-12(27-13(2)23)17(24)28-14(10-19-18(3,4)5)11-26-16-15(20-29-21-16)22-6-8-25-9-7-22;1-13(2,3)14-8-10(18)9-20-12-11(15-21-16-12)17-4-6-19-7-5-17;1-3(5(7)8)9-4(2)6;5-3(6)1-2-4(7)8/h2*12,14,19H,6-11H2,1-5H3;10,14,18H,4-9H2,1-3H3;3H,1-2H3,(H,7,8);1-2H,(H,5,6)(H,7,8)/b;;;;2-1-/t2*12-,14+;10-;3-;/m1101./s1. The number of rotatable bonds is 28. The number of carboxylic acid groups (broad SMARTS) is 3. The molecule has 35 nitrogen and oxygen atoms in total. The predicted molar refractivity (Wildman–Crippen MR) is 350 cm³/mol. The summed E-state index contributed by atoms with van der Waals surface area (Å²) in [4.78, 5) is 92.0. The third kappa shape index (κ3) is 38.4. The molecule has 0 radical (unpaired) electrons. The second kappa shape index (κ2) is 43.8. The van der Waals surface area contributed by atoms with Crippen molar-refractivity contribution in [3.63, 3.8) is 0 Å². The van der Waals surface area contributed by atoms with Gasteiger partial charge in [-0.3, -0.25) is 14.4 Å². The molecule has 0 unspecified atom stereocenters. The molecule has 0 saturated carbocycles. The number of aliphatic carboxylic acids is 3. The summed E-state index contributed by atoms with van der Waals surface area (Å²) in [6, 6.07) is 0. The third-order valence-corrected chi connectivity index (χ3v) is 13.6. The Balaban J connectivity index is 0.000000440. The second-order valence-electron chi connectivity index (χ2n) is 24.2. The molecular formula is C58H96N12O23S3. The summed E-state index contributed by atoms with van der Waals surface area (Å²) < 4.78 is 84.0. The van der Waals surface area contributed by atoms with E-state index in [-0.39, 0.29) is 36.4 Å². The molecule has 6 heterocycles. The lowest BCUT2D eigenvalue weighted by Gasteiger charge is -2.28. The van der Waals surface area contributed by atoms with Crippen LogP contribution in [-0.2, 0) is 76.3 Å². The van der Waals surface area contributed by atoms with Crippen molar-refractivity contribution in [2.24, 2.45) is 0 Å². The van der Waals surface area contributed by atoms with Crippen LogP contribution in [0.5, 0.6) is 17.6 Å². The minimum Gasteiger partial charge on any atom is -0.479 e. The number of aliphatic hydroxyl groups excluding tert-OH is 1. The van der Waals surface area contributed by atoms with Crippen LogP contribution in [0.1, 0.15) is 104 Å². The molecule has 0 amide bonds. The Bertz CT molecular complexity index is 2720. The van der Waals surface area contributed by atoms with Crippen molar-refractivity contribution in [1.82, 2.24) is 42.2 Å². The molecule has 38 heteroatoms. The maximum Gasteiger partial charge on any atom is 0.347 e. The number of hydrogen-bond acceptors (Lipinski definition) is 35. The highest BCUT2D eigenvalue weighted by molar-refractivity contribution is 7.00. The molecule has 544 valence electrons. The number of carbonyl (C=O) groups excluding carboxylic acids is 5. The third-order valence-electron chi connectivity index (χ3n) is 12.0. The number of aliphatic hydroxyl groups is 1. The van der Waals surface area contributed by atoms with E-state index in [0.29, 0.717) is 127 Å². The van der Waals surface area contributed by atoms with Gasteiger partial charge in [0.25, 0.3) is 17.6 Å². The Hall–Kier alpha value is -7.30. The van der Waals surface area contributed by atoms with Crippen molar-refractivity contribution < 1.29 is 111 Å². The normalized spacial score (nSPS) is 16.0. The Labute approximate surface area is 571 Å². The van der Waals surface area contributed by atoms with Crippen LogP contribution in [0.15, 0.2) is 12.2 Å². The van der Waals surface area contributed by atoms with E-state index >= 15 is 0 Å². The Morgan fingerprint density at radius 2 is 0.740 bits per heavy atom. The number of carbonyl (C=O) groups is 8. The SMILES string of the molecule is CC(=O)O[C@H](C)C(=O)O.CC(=O)O[C@H](C)C(=O)O[C@@H](CNC(C)(C)C)COc1nsnc1N1CCOCC1.CC(=O)O[C@H](C)C(=O)O[C@@H](CNC(C)(C)C)COc1nsnc1N1CCOCC1.CC(C)(C)NC[C@H](O)COc1nsnc1N1CCOCC1.O=C(O)/C=C\C(=O)O. The number of esters is 5. The molecule has 3 aromatic rings. The van der Waals surface area contributed by atoms with E-state index in [0.717, 1.165) is 54.1 Å². The number of nitrogens with zero attached hydrogens (tertiary/aromatic N) is 9. The molecule has 0 spiro atoms. The van der Waals surface area contributed by atoms with Gasteiger partial charge in [-0.25, -0.2) is 24.0 Å². The van der Waals surface area contributed by atoms with Gasteiger partial charge in [-0.2, -0.15) is 13.1 Å². The van der Waals surface area contributed by atoms with Crippen LogP contribution >= 0.6 is 35.2 Å². The quantitative estimate of drug-likeness (QED) is 0.0311. The fourth-order valence-electron chi connectivity index (χ4n) is 7.37. The number of β-amino-alcohol motifs (C(OH)–C–C–N with tert-alkyl or cyclic N) is 1. The van der Waals surface area contributed by atoms with E-state index < -0.39 is 84.4 Å². The van der Waals surface area contributed by atoms with Gasteiger partial charge >= 0.3 is 47.8 Å². The average molecular weight is 1430 g/mol. The van der Waals surface area contributed by atoms with E-state index in [9.17, 15) is 43.5 Å². The van der Waals surface area contributed by atoms with Crippen molar-refractivity contribution in [3.8, 4) is 17.6 Å². The molecule has 0 aliphatic carbocycles. The maximum absolute atomic E-state index is 12.3. The molecule has 3 fully saturated rings. The topological polar surface area (TPSA) is 442 Å². The lowest BCUT2D eigenvalue weighted by molar-refractivity contribution is -0.170.